The summed E-state index contributed by atoms with van der Waals surface area (Å²) in [5.41, 5.74) is 12.9. The minimum absolute atomic E-state index is 0.00327. The second-order valence-electron chi connectivity index (χ2n) is 14.9. The number of primary amides is 1. The second kappa shape index (κ2) is 20.8. The molecule has 1 aliphatic heterocycles. The van der Waals surface area contributed by atoms with Crippen molar-refractivity contribution in [3.63, 3.8) is 0 Å². The first-order valence-electron chi connectivity index (χ1n) is 18.8. The number of nitrogens with two attached hydrogens (primary N) is 2. The molecule has 0 unspecified atom stereocenters. The maximum atomic E-state index is 13.8. The number of aromatic hydroxyl groups is 2. The van der Waals surface area contributed by atoms with Gasteiger partial charge in [-0.25, -0.2) is 0 Å². The molecule has 306 valence electrons. The summed E-state index contributed by atoms with van der Waals surface area (Å²) in [4.78, 5) is 93.1. The van der Waals surface area contributed by atoms with Gasteiger partial charge in [0.05, 0.1) is 12.6 Å². The van der Waals surface area contributed by atoms with Gasteiger partial charge in [-0.2, -0.15) is 0 Å². The molecule has 0 radical (unpaired) electrons. The van der Waals surface area contributed by atoms with Crippen molar-refractivity contribution in [1.82, 2.24) is 31.5 Å². The number of benzene rings is 2. The molecule has 0 aliphatic carbocycles. The van der Waals surface area contributed by atoms with Crippen LogP contribution in [0.3, 0.4) is 0 Å². The topological polar surface area (TPSA) is 275 Å². The molecule has 0 bridgehead atoms. The molecule has 0 saturated carbocycles. The number of carbonyl (C=O) groups is 7. The summed E-state index contributed by atoms with van der Waals surface area (Å²) >= 11 is 0. The van der Waals surface area contributed by atoms with E-state index < -0.39 is 90.1 Å². The first-order valence-corrected chi connectivity index (χ1v) is 18.8. The van der Waals surface area contributed by atoms with E-state index in [2.05, 4.69) is 26.6 Å². The molecule has 0 aromatic heterocycles. The number of rotatable bonds is 19. The Labute approximate surface area is 326 Å². The van der Waals surface area contributed by atoms with Crippen molar-refractivity contribution in [3.05, 3.63) is 59.7 Å². The van der Waals surface area contributed by atoms with Crippen LogP contribution in [0.15, 0.2) is 48.5 Å². The zero-order valence-corrected chi connectivity index (χ0v) is 32.5. The fourth-order valence-electron chi connectivity index (χ4n) is 6.27. The van der Waals surface area contributed by atoms with E-state index >= 15 is 0 Å². The highest BCUT2D eigenvalue weighted by Gasteiger charge is 2.38. The maximum Gasteiger partial charge on any atom is 0.245 e. The van der Waals surface area contributed by atoms with Gasteiger partial charge in [0.1, 0.15) is 41.7 Å². The third-order valence-corrected chi connectivity index (χ3v) is 9.36. The summed E-state index contributed by atoms with van der Waals surface area (Å²) in [6.45, 7) is 8.29. The van der Waals surface area contributed by atoms with Crippen LogP contribution < -0.4 is 38.1 Å². The molecular weight excluding hydrogens is 724 g/mol. The summed E-state index contributed by atoms with van der Waals surface area (Å²) in [7, 11) is 0. The predicted octanol–water partition coefficient (Wildman–Crippen LogP) is -0.536. The van der Waals surface area contributed by atoms with Gasteiger partial charge in [-0.05, 0) is 79.8 Å². The van der Waals surface area contributed by atoms with Crippen LogP contribution in [0.1, 0.15) is 65.0 Å². The molecule has 0 spiro atoms. The number of phenolic OH excluding ortho intramolecular Hbond substituents is 2. The maximum absolute atomic E-state index is 13.8. The second-order valence-corrected chi connectivity index (χ2v) is 14.9. The molecule has 2 aromatic rings. The lowest BCUT2D eigenvalue weighted by atomic mass is 10.00. The highest BCUT2D eigenvalue weighted by Crippen LogP contribution is 2.20. The lowest BCUT2D eigenvalue weighted by Gasteiger charge is -2.30. The molecule has 56 heavy (non-hydrogen) atoms. The van der Waals surface area contributed by atoms with Crippen LogP contribution >= 0.6 is 0 Å². The van der Waals surface area contributed by atoms with Crippen LogP contribution in [-0.2, 0) is 46.4 Å². The summed E-state index contributed by atoms with van der Waals surface area (Å²) in [6.07, 6.45) is 1.38. The summed E-state index contributed by atoms with van der Waals surface area (Å²) in [5, 5.41) is 32.2. The van der Waals surface area contributed by atoms with Gasteiger partial charge in [-0.15, -0.1) is 0 Å². The molecule has 6 atom stereocenters. The van der Waals surface area contributed by atoms with Crippen molar-refractivity contribution < 1.29 is 43.8 Å². The zero-order valence-electron chi connectivity index (χ0n) is 32.5. The normalized spacial score (nSPS) is 16.6. The average Bonchev–Trinajstić information content (AvgIpc) is 3.64. The third kappa shape index (κ3) is 13.5. The molecule has 3 rings (SSSR count). The number of phenols is 2. The Morgan fingerprint density at radius 1 is 0.732 bits per heavy atom. The lowest BCUT2D eigenvalue weighted by Crippen LogP contribution is -2.58. The van der Waals surface area contributed by atoms with Gasteiger partial charge in [0.15, 0.2) is 0 Å². The van der Waals surface area contributed by atoms with Crippen molar-refractivity contribution in [1.29, 1.82) is 0 Å². The quantitative estimate of drug-likeness (QED) is 0.0879. The highest BCUT2D eigenvalue weighted by atomic mass is 16.3. The Kier molecular flexibility index (Phi) is 16.6. The number of hydrogen-bond acceptors (Lipinski definition) is 10. The molecular formula is C39H56N8O9. The Bertz CT molecular complexity index is 1700. The van der Waals surface area contributed by atoms with Gasteiger partial charge < -0.3 is 53.2 Å². The number of carbonyl (C=O) groups excluding carboxylic acids is 7. The van der Waals surface area contributed by atoms with Crippen molar-refractivity contribution in [2.75, 3.05) is 13.1 Å². The third-order valence-electron chi connectivity index (χ3n) is 9.36. The van der Waals surface area contributed by atoms with Crippen LogP contribution in [-0.4, -0.2) is 106 Å². The minimum atomic E-state index is -1.22. The predicted molar refractivity (Wildman–Crippen MR) is 206 cm³/mol. The smallest absolute Gasteiger partial charge is 0.245 e. The molecule has 7 amide bonds. The highest BCUT2D eigenvalue weighted by molar-refractivity contribution is 5.96. The average molecular weight is 781 g/mol. The van der Waals surface area contributed by atoms with E-state index in [-0.39, 0.29) is 36.7 Å². The van der Waals surface area contributed by atoms with E-state index in [1.54, 1.807) is 38.1 Å². The van der Waals surface area contributed by atoms with E-state index in [0.717, 1.165) is 0 Å². The van der Waals surface area contributed by atoms with E-state index in [9.17, 15) is 43.8 Å². The van der Waals surface area contributed by atoms with E-state index in [4.69, 9.17) is 11.5 Å². The summed E-state index contributed by atoms with van der Waals surface area (Å²) in [5.74, 6) is -4.86. The van der Waals surface area contributed by atoms with Crippen molar-refractivity contribution >= 4 is 41.4 Å². The summed E-state index contributed by atoms with van der Waals surface area (Å²) in [6, 6.07) is 6.01. The van der Waals surface area contributed by atoms with Crippen LogP contribution in [0.2, 0.25) is 0 Å². The molecule has 1 saturated heterocycles. The first kappa shape index (κ1) is 44.7. The molecule has 1 heterocycles. The monoisotopic (exact) mass is 780 g/mol. The van der Waals surface area contributed by atoms with Crippen LogP contribution in [0.25, 0.3) is 0 Å². The lowest BCUT2D eigenvalue weighted by molar-refractivity contribution is -0.141. The SMILES string of the molecule is CC(C)C[C@H](NC(=O)[C@H](Cc1ccc(O)cc1)NC(=O)CNC(=O)[C@H](NC(=O)[C@H](C)NC(=O)[C@@H](N)Cc1ccc(O)cc1)C(C)C)C(=O)N1CCC[C@@H]1C(N)=O. The van der Waals surface area contributed by atoms with Crippen molar-refractivity contribution in [2.24, 2.45) is 23.3 Å². The molecule has 17 heteroatoms. The van der Waals surface area contributed by atoms with Gasteiger partial charge in [0.25, 0.3) is 0 Å². The molecule has 11 N–H and O–H groups in total. The minimum Gasteiger partial charge on any atom is -0.508 e. The molecule has 17 nitrogen and oxygen atoms in total. The van der Waals surface area contributed by atoms with Gasteiger partial charge in [0.2, 0.25) is 41.4 Å². The number of hydrogen-bond donors (Lipinski definition) is 9. The van der Waals surface area contributed by atoms with E-state index in [1.165, 1.54) is 36.1 Å². The van der Waals surface area contributed by atoms with Gasteiger partial charge >= 0.3 is 0 Å². The van der Waals surface area contributed by atoms with E-state index in [1.807, 2.05) is 13.8 Å². The Balaban J connectivity index is 1.65. The largest absolute Gasteiger partial charge is 0.508 e. The molecule has 2 aromatic carbocycles. The fourth-order valence-corrected chi connectivity index (χ4v) is 6.27. The Morgan fingerprint density at radius 3 is 1.84 bits per heavy atom. The first-order chi connectivity index (χ1) is 26.4. The standard InChI is InChI=1S/C39H56N8O9/c1-21(2)17-30(39(56)47-16-6-7-31(47)34(41)51)45-37(54)29(19-25-10-14-27(49)15-11-25)44-32(50)20-42-38(55)33(22(3)4)46-35(52)23(5)43-36(53)28(40)18-24-8-12-26(48)13-9-24/h8-15,21-23,28-31,33,48-49H,6-7,16-20,40H2,1-5H3,(H2,41,51)(H,42,55)(H,43,53)(H,44,50)(H,45,54)(H,46,52)/t23-,28-,29-,30-,31+,33+/m0/s1. The number of amides is 7. The van der Waals surface area contributed by atoms with E-state index in [0.29, 0.717) is 30.5 Å². The Morgan fingerprint density at radius 2 is 1.30 bits per heavy atom. The van der Waals surface area contributed by atoms with Gasteiger partial charge in [-0.1, -0.05) is 52.0 Å². The van der Waals surface area contributed by atoms with Gasteiger partial charge in [0, 0.05) is 13.0 Å². The van der Waals surface area contributed by atoms with Crippen LogP contribution in [0.5, 0.6) is 11.5 Å². The van der Waals surface area contributed by atoms with Crippen molar-refractivity contribution in [2.45, 2.75) is 103 Å². The number of likely N-dealkylation sites (tertiary alicyclic amines) is 1. The number of nitrogens with zero attached hydrogens (tertiary/aromatic N) is 1. The Hall–Kier alpha value is -5.71. The molecule has 1 fully saturated rings. The zero-order chi connectivity index (χ0) is 41.7. The summed E-state index contributed by atoms with van der Waals surface area (Å²) < 4.78 is 0. The van der Waals surface area contributed by atoms with Crippen LogP contribution in [0.4, 0.5) is 0 Å². The molecule has 1 aliphatic rings. The van der Waals surface area contributed by atoms with Crippen LogP contribution in [0, 0.1) is 11.8 Å². The van der Waals surface area contributed by atoms with Gasteiger partial charge in [-0.3, -0.25) is 33.6 Å². The fraction of sp³-hybridized carbons (Fsp3) is 0.513. The van der Waals surface area contributed by atoms with Crippen molar-refractivity contribution in [3.8, 4) is 11.5 Å². The number of nitrogens with one attached hydrogen (secondary N) is 5.